The fourth-order valence-electron chi connectivity index (χ4n) is 4.56. The Bertz CT molecular complexity index is 1530. The summed E-state index contributed by atoms with van der Waals surface area (Å²) in [5.41, 5.74) is 3.85. The van der Waals surface area contributed by atoms with Gasteiger partial charge in [-0.25, -0.2) is 8.42 Å². The van der Waals surface area contributed by atoms with Crippen molar-refractivity contribution in [3.63, 3.8) is 0 Å². The molecule has 1 heterocycles. The van der Waals surface area contributed by atoms with E-state index >= 15 is 0 Å². The van der Waals surface area contributed by atoms with Crippen LogP contribution in [0, 0.1) is 0 Å². The highest BCUT2D eigenvalue weighted by atomic mass is 35.5. The number of rotatable bonds is 6. The average molecular weight is 529 g/mol. The molecule has 37 heavy (non-hydrogen) atoms. The van der Waals surface area contributed by atoms with E-state index in [0.717, 1.165) is 11.1 Å². The van der Waals surface area contributed by atoms with Crippen LogP contribution in [0.3, 0.4) is 0 Å². The maximum atomic E-state index is 14.4. The van der Waals surface area contributed by atoms with Crippen LogP contribution in [0.2, 0.25) is 5.02 Å². The van der Waals surface area contributed by atoms with E-state index in [1.54, 1.807) is 23.1 Å². The molecule has 5 nitrogen and oxygen atoms in total. The Morgan fingerprint density at radius 1 is 0.784 bits per heavy atom. The highest BCUT2D eigenvalue weighted by Gasteiger charge is 2.41. The van der Waals surface area contributed by atoms with Crippen molar-refractivity contribution in [1.82, 2.24) is 4.90 Å². The Hall–Kier alpha value is -3.87. The second-order valence-electron chi connectivity index (χ2n) is 8.84. The third kappa shape index (κ3) is 4.90. The first-order valence-corrected chi connectivity index (χ1v) is 13.6. The van der Waals surface area contributed by atoms with Crippen molar-refractivity contribution in [3.8, 4) is 0 Å². The molecule has 0 aliphatic carbocycles. The van der Waals surface area contributed by atoms with Crippen molar-refractivity contribution >= 4 is 38.8 Å². The number of carbonyl (C=O) groups excluding carboxylic acids is 1. The van der Waals surface area contributed by atoms with Gasteiger partial charge in [0, 0.05) is 36.3 Å². The van der Waals surface area contributed by atoms with E-state index in [0.29, 0.717) is 27.4 Å². The maximum Gasteiger partial charge on any atom is 0.270 e. The zero-order valence-electron chi connectivity index (χ0n) is 20.2. The zero-order valence-corrected chi connectivity index (χ0v) is 21.8. The topological polar surface area (TPSA) is 57.7 Å². The predicted octanol–water partition coefficient (Wildman–Crippen LogP) is 6.11. The third-order valence-corrected chi connectivity index (χ3v) is 8.44. The number of halogens is 1. The molecule has 0 radical (unpaired) electrons. The Kier molecular flexibility index (Phi) is 6.87. The molecule has 0 bridgehead atoms. The molecule has 4 aromatic rings. The number of anilines is 1. The van der Waals surface area contributed by atoms with Gasteiger partial charge in [0.2, 0.25) is 0 Å². The Morgan fingerprint density at radius 3 is 1.84 bits per heavy atom. The molecule has 0 atom stereocenters. The van der Waals surface area contributed by atoms with Crippen LogP contribution in [-0.4, -0.2) is 26.3 Å². The quantitative estimate of drug-likeness (QED) is 0.303. The first kappa shape index (κ1) is 24.8. The number of carbonyl (C=O) groups is 1. The molecule has 0 saturated heterocycles. The van der Waals surface area contributed by atoms with Gasteiger partial charge in [-0.1, -0.05) is 103 Å². The van der Waals surface area contributed by atoms with Crippen molar-refractivity contribution in [2.24, 2.45) is 0 Å². The summed E-state index contributed by atoms with van der Waals surface area (Å²) in [5.74, 6) is -0.566. The second kappa shape index (κ2) is 10.2. The van der Waals surface area contributed by atoms with Gasteiger partial charge in [0.25, 0.3) is 15.9 Å². The van der Waals surface area contributed by atoms with E-state index in [9.17, 15) is 13.2 Å². The summed E-state index contributed by atoms with van der Waals surface area (Å²) < 4.78 is 29.1. The fourth-order valence-corrected chi connectivity index (χ4v) is 6.26. The van der Waals surface area contributed by atoms with Gasteiger partial charge in [-0.15, -0.1) is 0 Å². The molecule has 0 unspecified atom stereocenters. The van der Waals surface area contributed by atoms with Crippen LogP contribution < -0.4 is 4.31 Å². The van der Waals surface area contributed by atoms with Crippen LogP contribution in [0.15, 0.2) is 114 Å². The summed E-state index contributed by atoms with van der Waals surface area (Å²) >= 11 is 6.37. The van der Waals surface area contributed by atoms with Crippen molar-refractivity contribution in [2.45, 2.75) is 13.1 Å². The summed E-state index contributed by atoms with van der Waals surface area (Å²) in [6.45, 7) is 0.504. The fraction of sp³-hybridized carbons (Fsp3) is 0.100. The molecule has 0 N–H and O–H groups in total. The highest BCUT2D eigenvalue weighted by molar-refractivity contribution is 7.97. The Morgan fingerprint density at radius 2 is 1.30 bits per heavy atom. The minimum absolute atomic E-state index is 0.252. The molecule has 186 valence electrons. The SMILES string of the molecule is CN1c2ccc(Cl)cc2C(c2ccccc2)=C(C(=O)N(Cc2ccccc2)Cc2ccccc2)S1(=O)=O. The number of hydrogen-bond donors (Lipinski definition) is 0. The minimum Gasteiger partial charge on any atom is -0.329 e. The van der Waals surface area contributed by atoms with Gasteiger partial charge in [-0.3, -0.25) is 9.10 Å². The molecule has 1 aliphatic rings. The van der Waals surface area contributed by atoms with E-state index in [1.807, 2.05) is 91.0 Å². The number of benzene rings is 4. The monoisotopic (exact) mass is 528 g/mol. The number of fused-ring (bicyclic) bond motifs is 1. The molecular weight excluding hydrogens is 504 g/mol. The van der Waals surface area contributed by atoms with Gasteiger partial charge >= 0.3 is 0 Å². The molecule has 4 aromatic carbocycles. The largest absolute Gasteiger partial charge is 0.329 e. The molecule has 0 fully saturated rings. The van der Waals surface area contributed by atoms with Crippen molar-refractivity contribution in [3.05, 3.63) is 141 Å². The summed E-state index contributed by atoms with van der Waals surface area (Å²) in [4.78, 5) is 15.7. The molecule has 1 aliphatic heterocycles. The second-order valence-corrected chi connectivity index (χ2v) is 11.2. The van der Waals surface area contributed by atoms with Crippen LogP contribution in [0.4, 0.5) is 5.69 Å². The van der Waals surface area contributed by atoms with Gasteiger partial charge in [0.1, 0.15) is 0 Å². The third-order valence-electron chi connectivity index (χ3n) is 6.39. The van der Waals surface area contributed by atoms with E-state index in [2.05, 4.69) is 0 Å². The Labute approximate surface area is 222 Å². The Balaban J connectivity index is 1.73. The van der Waals surface area contributed by atoms with Gasteiger partial charge < -0.3 is 4.90 Å². The molecule has 1 amide bonds. The highest BCUT2D eigenvalue weighted by Crippen LogP contribution is 2.43. The van der Waals surface area contributed by atoms with Crippen LogP contribution in [-0.2, 0) is 27.9 Å². The maximum absolute atomic E-state index is 14.4. The van der Waals surface area contributed by atoms with E-state index < -0.39 is 15.9 Å². The number of sulfonamides is 1. The molecule has 7 heteroatoms. The van der Waals surface area contributed by atoms with Gasteiger partial charge in [-0.2, -0.15) is 0 Å². The van der Waals surface area contributed by atoms with Gasteiger partial charge in [0.05, 0.1) is 5.69 Å². The lowest BCUT2D eigenvalue weighted by atomic mass is 9.95. The summed E-state index contributed by atoms with van der Waals surface area (Å²) in [7, 11) is -2.71. The van der Waals surface area contributed by atoms with Gasteiger partial charge in [0.15, 0.2) is 4.91 Å². The van der Waals surface area contributed by atoms with E-state index in [1.165, 1.54) is 11.4 Å². The van der Waals surface area contributed by atoms with E-state index in [-0.39, 0.29) is 18.0 Å². The van der Waals surface area contributed by atoms with Gasteiger partial charge in [-0.05, 0) is 34.9 Å². The van der Waals surface area contributed by atoms with E-state index in [4.69, 9.17) is 11.6 Å². The standard InChI is InChI=1S/C30H25ClN2O3S/c1-32-27-18-17-25(31)19-26(27)28(24-15-9-4-10-16-24)29(37(32,35)36)30(34)33(20-22-11-5-2-6-12-22)21-23-13-7-3-8-14-23/h2-19H,20-21H2,1H3. The lowest BCUT2D eigenvalue weighted by molar-refractivity contribution is -0.127. The summed E-state index contributed by atoms with van der Waals surface area (Å²) in [6.07, 6.45) is 0. The molecule has 0 aromatic heterocycles. The lowest BCUT2D eigenvalue weighted by Gasteiger charge is -2.33. The van der Waals surface area contributed by atoms with Crippen molar-refractivity contribution in [1.29, 1.82) is 0 Å². The van der Waals surface area contributed by atoms with Crippen LogP contribution in [0.25, 0.3) is 5.57 Å². The number of amides is 1. The predicted molar refractivity (Wildman–Crippen MR) is 148 cm³/mol. The van der Waals surface area contributed by atoms with Crippen LogP contribution >= 0.6 is 11.6 Å². The normalized spacial score (nSPS) is 14.3. The summed E-state index contributed by atoms with van der Waals surface area (Å²) in [6, 6.07) is 33.3. The van der Waals surface area contributed by atoms with Crippen molar-refractivity contribution in [2.75, 3.05) is 11.4 Å². The molecule has 0 saturated carbocycles. The van der Waals surface area contributed by atoms with Crippen molar-refractivity contribution < 1.29 is 13.2 Å². The smallest absolute Gasteiger partial charge is 0.270 e. The van der Waals surface area contributed by atoms with Crippen LogP contribution in [0.1, 0.15) is 22.3 Å². The molecular formula is C30H25ClN2O3S. The van der Waals surface area contributed by atoms with Crippen LogP contribution in [0.5, 0.6) is 0 Å². The molecule has 5 rings (SSSR count). The number of nitrogens with zero attached hydrogens (tertiary/aromatic N) is 2. The first-order valence-electron chi connectivity index (χ1n) is 11.8. The minimum atomic E-state index is -4.18. The average Bonchev–Trinajstić information content (AvgIpc) is 2.91. The lowest BCUT2D eigenvalue weighted by Crippen LogP contribution is -2.41. The first-order chi connectivity index (χ1) is 17.9. The molecule has 0 spiro atoms. The zero-order chi connectivity index (χ0) is 26.0. The summed E-state index contributed by atoms with van der Waals surface area (Å²) in [5, 5.41) is 0.456. The number of hydrogen-bond acceptors (Lipinski definition) is 3.